The zero-order valence-electron chi connectivity index (χ0n) is 20.5. The number of hydrogen-bond acceptors (Lipinski definition) is 1. The number of benzene rings is 5. The predicted molar refractivity (Wildman–Crippen MR) is 158 cm³/mol. The highest BCUT2D eigenvalue weighted by atomic mass is 32.1. The highest BCUT2D eigenvalue weighted by Gasteiger charge is 2.45. The molecule has 0 radical (unpaired) electrons. The van der Waals surface area contributed by atoms with Crippen LogP contribution in [0.25, 0.3) is 58.8 Å². The van der Waals surface area contributed by atoms with Crippen LogP contribution in [0.3, 0.4) is 0 Å². The highest BCUT2D eigenvalue weighted by molar-refractivity contribution is 7.26. The van der Waals surface area contributed by atoms with Gasteiger partial charge in [-0.15, -0.1) is 11.3 Å². The van der Waals surface area contributed by atoms with Gasteiger partial charge in [-0.1, -0.05) is 85.6 Å². The van der Waals surface area contributed by atoms with E-state index in [4.69, 9.17) is 0 Å². The summed E-state index contributed by atoms with van der Waals surface area (Å²) in [5, 5.41) is 5.40. The van der Waals surface area contributed by atoms with Gasteiger partial charge in [-0.05, 0) is 65.4 Å². The zero-order chi connectivity index (χ0) is 24.1. The molecule has 0 bridgehead atoms. The van der Waals surface area contributed by atoms with Gasteiger partial charge in [0, 0.05) is 31.7 Å². The maximum absolute atomic E-state index is 2.57. The fourth-order valence-corrected chi connectivity index (χ4v) is 8.81. The summed E-state index contributed by atoms with van der Waals surface area (Å²) >= 11 is 1.92. The number of hydrogen-bond donors (Lipinski definition) is 0. The van der Waals surface area contributed by atoms with Crippen LogP contribution in [-0.2, 0) is 5.41 Å². The van der Waals surface area contributed by atoms with Crippen LogP contribution in [0.5, 0.6) is 0 Å². The number of rotatable bonds is 1. The summed E-state index contributed by atoms with van der Waals surface area (Å²) in [6.07, 6.45) is 5.15. The molecule has 37 heavy (non-hydrogen) atoms. The molecule has 7 aromatic rings. The van der Waals surface area contributed by atoms with E-state index in [-0.39, 0.29) is 5.41 Å². The Hall–Kier alpha value is -3.88. The van der Waals surface area contributed by atoms with E-state index >= 15 is 0 Å². The molecule has 0 amide bonds. The fourth-order valence-electron chi connectivity index (χ4n) is 7.60. The van der Waals surface area contributed by atoms with Gasteiger partial charge >= 0.3 is 0 Å². The van der Waals surface area contributed by atoms with E-state index in [1.807, 2.05) is 11.3 Å². The van der Waals surface area contributed by atoms with Crippen molar-refractivity contribution in [3.8, 4) is 16.8 Å². The largest absolute Gasteiger partial charge is 0.308 e. The van der Waals surface area contributed by atoms with Crippen molar-refractivity contribution in [3.63, 3.8) is 0 Å². The van der Waals surface area contributed by atoms with Gasteiger partial charge < -0.3 is 4.57 Å². The summed E-state index contributed by atoms with van der Waals surface area (Å²) in [5.74, 6) is 0. The molecular formula is C35H25NS. The third kappa shape index (κ3) is 2.49. The van der Waals surface area contributed by atoms with Crippen LogP contribution < -0.4 is 0 Å². The fraction of sp³-hybridized carbons (Fsp3) is 0.143. The molecule has 2 aliphatic rings. The van der Waals surface area contributed by atoms with Crippen molar-refractivity contribution < 1.29 is 0 Å². The number of fused-ring (bicyclic) bond motifs is 11. The average molecular weight is 492 g/mol. The van der Waals surface area contributed by atoms with Crippen LogP contribution in [0.15, 0.2) is 103 Å². The van der Waals surface area contributed by atoms with Crippen LogP contribution in [0.4, 0.5) is 0 Å². The van der Waals surface area contributed by atoms with Gasteiger partial charge in [-0.3, -0.25) is 0 Å². The standard InChI is InChI=1S/C35H25NS/c1-4-14-28-22(10-1)26-20-27-23-11-2-5-15-30(23)36(32(27)21-29(26)35(28)18-7-8-19-35)31-16-9-13-25-24-12-3-6-17-33(24)37-34(25)31/h1-6,9-17,20-21H,7-8,18-19H2. The van der Waals surface area contributed by atoms with Crippen molar-refractivity contribution in [2.45, 2.75) is 31.1 Å². The second-order valence-corrected chi connectivity index (χ2v) is 11.9. The van der Waals surface area contributed by atoms with E-state index in [1.54, 1.807) is 11.1 Å². The monoisotopic (exact) mass is 491 g/mol. The smallest absolute Gasteiger partial charge is 0.0640 e. The lowest BCUT2D eigenvalue weighted by atomic mass is 9.76. The minimum absolute atomic E-state index is 0.172. The number of thiophene rings is 1. The summed E-state index contributed by atoms with van der Waals surface area (Å²) in [6, 6.07) is 38.9. The molecule has 2 aromatic heterocycles. The molecule has 5 aromatic carbocycles. The van der Waals surface area contributed by atoms with E-state index in [1.165, 1.54) is 84.5 Å². The van der Waals surface area contributed by atoms with Crippen LogP contribution in [-0.4, -0.2) is 4.57 Å². The van der Waals surface area contributed by atoms with Crippen molar-refractivity contribution >= 4 is 53.3 Å². The van der Waals surface area contributed by atoms with Crippen LogP contribution in [0.2, 0.25) is 0 Å². The second kappa shape index (κ2) is 7.12. The first-order valence-electron chi connectivity index (χ1n) is 13.4. The Kier molecular flexibility index (Phi) is 3.89. The third-order valence-electron chi connectivity index (χ3n) is 9.14. The predicted octanol–water partition coefficient (Wildman–Crippen LogP) is 9.99. The molecule has 1 fully saturated rings. The highest BCUT2D eigenvalue weighted by Crippen LogP contribution is 2.58. The summed E-state index contributed by atoms with van der Waals surface area (Å²) in [6.45, 7) is 0. The lowest BCUT2D eigenvalue weighted by Crippen LogP contribution is -2.20. The van der Waals surface area contributed by atoms with Crippen molar-refractivity contribution in [1.29, 1.82) is 0 Å². The van der Waals surface area contributed by atoms with E-state index in [0.717, 1.165) is 0 Å². The first kappa shape index (κ1) is 20.2. The van der Waals surface area contributed by atoms with E-state index in [9.17, 15) is 0 Å². The molecule has 0 saturated heterocycles. The molecule has 0 atom stereocenters. The Morgan fingerprint density at radius 1 is 0.568 bits per heavy atom. The normalized spacial score (nSPS) is 15.9. The molecule has 0 N–H and O–H groups in total. The van der Waals surface area contributed by atoms with E-state index < -0.39 is 0 Å². The number of aromatic nitrogens is 1. The zero-order valence-corrected chi connectivity index (χ0v) is 21.3. The van der Waals surface area contributed by atoms with Gasteiger partial charge in [0.15, 0.2) is 0 Å². The third-order valence-corrected chi connectivity index (χ3v) is 10.4. The van der Waals surface area contributed by atoms with Gasteiger partial charge in [-0.25, -0.2) is 0 Å². The van der Waals surface area contributed by atoms with E-state index in [2.05, 4.69) is 108 Å². The van der Waals surface area contributed by atoms with Gasteiger partial charge in [0.1, 0.15) is 0 Å². The molecule has 0 aliphatic heterocycles. The molecule has 2 heteroatoms. The molecular weight excluding hydrogens is 466 g/mol. The van der Waals surface area contributed by atoms with Crippen molar-refractivity contribution in [2.75, 3.05) is 0 Å². The van der Waals surface area contributed by atoms with Crippen LogP contribution in [0.1, 0.15) is 36.8 Å². The topological polar surface area (TPSA) is 4.93 Å². The molecule has 0 unspecified atom stereocenters. The molecule has 1 spiro atoms. The van der Waals surface area contributed by atoms with Crippen molar-refractivity contribution in [3.05, 3.63) is 114 Å². The van der Waals surface area contributed by atoms with Gasteiger partial charge in [0.05, 0.1) is 21.4 Å². The Labute approximate surface area is 219 Å². The first-order valence-corrected chi connectivity index (χ1v) is 14.2. The van der Waals surface area contributed by atoms with Gasteiger partial charge in [-0.2, -0.15) is 0 Å². The maximum atomic E-state index is 2.57. The summed E-state index contributed by atoms with van der Waals surface area (Å²) in [4.78, 5) is 0. The van der Waals surface area contributed by atoms with Crippen molar-refractivity contribution in [1.82, 2.24) is 4.57 Å². The lowest BCUT2D eigenvalue weighted by molar-refractivity contribution is 0.550. The Bertz CT molecular complexity index is 2050. The molecule has 9 rings (SSSR count). The number of para-hydroxylation sites is 1. The van der Waals surface area contributed by atoms with Crippen LogP contribution in [0, 0.1) is 0 Å². The first-order chi connectivity index (χ1) is 18.3. The molecule has 1 nitrogen and oxygen atoms in total. The van der Waals surface area contributed by atoms with Gasteiger partial charge in [0.25, 0.3) is 0 Å². The summed E-state index contributed by atoms with van der Waals surface area (Å²) in [7, 11) is 0. The minimum Gasteiger partial charge on any atom is -0.308 e. The Balaban J connectivity index is 1.44. The van der Waals surface area contributed by atoms with Crippen molar-refractivity contribution in [2.24, 2.45) is 0 Å². The quantitative estimate of drug-likeness (QED) is 0.215. The van der Waals surface area contributed by atoms with Gasteiger partial charge in [0.2, 0.25) is 0 Å². The molecule has 176 valence electrons. The molecule has 2 heterocycles. The summed E-state index contributed by atoms with van der Waals surface area (Å²) < 4.78 is 5.27. The average Bonchev–Trinajstić information content (AvgIpc) is 3.71. The molecule has 1 saturated carbocycles. The Morgan fingerprint density at radius 2 is 1.32 bits per heavy atom. The lowest BCUT2D eigenvalue weighted by Gasteiger charge is -2.26. The summed E-state index contributed by atoms with van der Waals surface area (Å²) in [5.41, 5.74) is 10.1. The van der Waals surface area contributed by atoms with Crippen LogP contribution >= 0.6 is 11.3 Å². The SMILES string of the molecule is c1ccc2c(c1)-c1cc3c4ccccc4n(-c4cccc5c4sc4ccccc45)c3cc1C21CCCC1. The molecule has 2 aliphatic carbocycles. The Morgan fingerprint density at radius 3 is 2.24 bits per heavy atom. The maximum Gasteiger partial charge on any atom is 0.0640 e. The van der Waals surface area contributed by atoms with E-state index in [0.29, 0.717) is 0 Å². The second-order valence-electron chi connectivity index (χ2n) is 10.9. The minimum atomic E-state index is 0.172. The number of nitrogens with zero attached hydrogens (tertiary/aromatic N) is 1.